The molecule has 0 aliphatic heterocycles. The average molecular weight is 335 g/mol. The van der Waals surface area contributed by atoms with Crippen molar-refractivity contribution < 1.29 is 13.3 Å². The molecular formula is C12H21N3O4S2. The number of nitrogens with one attached hydrogen (secondary N) is 2. The van der Waals surface area contributed by atoms with Crippen molar-refractivity contribution in [3.8, 4) is 0 Å². The average Bonchev–Trinajstić information content (AvgIpc) is 2.80. The number of rotatable bonds is 9. The molecule has 0 aliphatic rings. The molecule has 1 rings (SSSR count). The zero-order valence-electron chi connectivity index (χ0n) is 12.4. The minimum absolute atomic E-state index is 0.0327. The molecule has 0 radical (unpaired) electrons. The topological polar surface area (TPSA) is 101 Å². The molecule has 1 aromatic heterocycles. The standard InChI is InChI=1S/C12H21N3O4S2/c1-4-13-12-10(15(16)17)8-11(20-12)21(18,19)14-7-5-6-9(2)3/h8-9,13-14H,4-7H2,1-3H3. The Morgan fingerprint density at radius 3 is 2.62 bits per heavy atom. The third-order valence-electron chi connectivity index (χ3n) is 2.74. The summed E-state index contributed by atoms with van der Waals surface area (Å²) in [5, 5.41) is 14.0. The first-order chi connectivity index (χ1) is 9.77. The van der Waals surface area contributed by atoms with E-state index < -0.39 is 14.9 Å². The Hall–Kier alpha value is -1.19. The summed E-state index contributed by atoms with van der Waals surface area (Å²) in [5.41, 5.74) is -0.204. The van der Waals surface area contributed by atoms with Gasteiger partial charge in [0.2, 0.25) is 10.0 Å². The van der Waals surface area contributed by atoms with Crippen LogP contribution in [0.15, 0.2) is 10.3 Å². The molecular weight excluding hydrogens is 314 g/mol. The second kappa shape index (κ2) is 7.71. The molecule has 0 saturated carbocycles. The van der Waals surface area contributed by atoms with Gasteiger partial charge in [-0.15, -0.1) is 0 Å². The molecule has 1 heterocycles. The number of nitro groups is 1. The second-order valence-electron chi connectivity index (χ2n) is 5.00. The van der Waals surface area contributed by atoms with E-state index in [0.717, 1.165) is 30.2 Å². The van der Waals surface area contributed by atoms with Crippen molar-refractivity contribution >= 4 is 32.0 Å². The van der Waals surface area contributed by atoms with E-state index in [2.05, 4.69) is 23.9 Å². The van der Waals surface area contributed by atoms with E-state index in [-0.39, 0.29) is 14.9 Å². The summed E-state index contributed by atoms with van der Waals surface area (Å²) in [6, 6.07) is 1.10. The monoisotopic (exact) mass is 335 g/mol. The highest BCUT2D eigenvalue weighted by Crippen LogP contribution is 2.36. The lowest BCUT2D eigenvalue weighted by Gasteiger charge is -2.06. The Morgan fingerprint density at radius 2 is 2.10 bits per heavy atom. The van der Waals surface area contributed by atoms with Crippen LogP contribution < -0.4 is 10.0 Å². The van der Waals surface area contributed by atoms with Gasteiger partial charge in [0.05, 0.1) is 4.92 Å². The van der Waals surface area contributed by atoms with Crippen molar-refractivity contribution in [2.75, 3.05) is 18.4 Å². The SMILES string of the molecule is CCNc1sc(S(=O)(=O)NCCCC(C)C)cc1[N+](=O)[O-]. The van der Waals surface area contributed by atoms with E-state index in [1.807, 2.05) is 0 Å². The molecule has 21 heavy (non-hydrogen) atoms. The van der Waals surface area contributed by atoms with Crippen molar-refractivity contribution in [1.29, 1.82) is 0 Å². The van der Waals surface area contributed by atoms with Gasteiger partial charge in [0.25, 0.3) is 0 Å². The van der Waals surface area contributed by atoms with Gasteiger partial charge in [0, 0.05) is 19.2 Å². The fourth-order valence-electron chi connectivity index (χ4n) is 1.70. The first kappa shape index (κ1) is 17.9. The van der Waals surface area contributed by atoms with Crippen LogP contribution in [-0.2, 0) is 10.0 Å². The molecule has 1 aromatic rings. The zero-order chi connectivity index (χ0) is 16.0. The molecule has 2 N–H and O–H groups in total. The van der Waals surface area contributed by atoms with Crippen LogP contribution in [0.4, 0.5) is 10.7 Å². The number of hydrogen-bond acceptors (Lipinski definition) is 6. The van der Waals surface area contributed by atoms with Crippen molar-refractivity contribution in [3.63, 3.8) is 0 Å². The molecule has 0 spiro atoms. The van der Waals surface area contributed by atoms with Crippen LogP contribution in [0, 0.1) is 16.0 Å². The lowest BCUT2D eigenvalue weighted by Crippen LogP contribution is -2.24. The number of anilines is 1. The number of nitrogens with zero attached hydrogens (tertiary/aromatic N) is 1. The van der Waals surface area contributed by atoms with E-state index in [0.29, 0.717) is 19.0 Å². The van der Waals surface area contributed by atoms with E-state index in [1.54, 1.807) is 6.92 Å². The highest BCUT2D eigenvalue weighted by Gasteiger charge is 2.25. The van der Waals surface area contributed by atoms with Gasteiger partial charge in [0.15, 0.2) is 5.00 Å². The van der Waals surface area contributed by atoms with E-state index >= 15 is 0 Å². The van der Waals surface area contributed by atoms with E-state index in [4.69, 9.17) is 0 Å². The first-order valence-electron chi connectivity index (χ1n) is 6.79. The minimum Gasteiger partial charge on any atom is -0.372 e. The molecule has 9 heteroatoms. The summed E-state index contributed by atoms with van der Waals surface area (Å²) in [6.45, 7) is 6.76. The van der Waals surface area contributed by atoms with Crippen LogP contribution in [-0.4, -0.2) is 26.4 Å². The fraction of sp³-hybridized carbons (Fsp3) is 0.667. The normalized spacial score (nSPS) is 11.8. The zero-order valence-corrected chi connectivity index (χ0v) is 14.0. The van der Waals surface area contributed by atoms with Gasteiger partial charge >= 0.3 is 5.69 Å². The molecule has 0 fully saturated rings. The van der Waals surface area contributed by atoms with Crippen molar-refractivity contribution in [2.45, 2.75) is 37.8 Å². The Labute approximate surface area is 129 Å². The van der Waals surface area contributed by atoms with Gasteiger partial charge in [0.1, 0.15) is 4.21 Å². The predicted octanol–water partition coefficient (Wildman–Crippen LogP) is 2.80. The third-order valence-corrected chi connectivity index (χ3v) is 5.76. The summed E-state index contributed by atoms with van der Waals surface area (Å²) in [6.07, 6.45) is 1.67. The second-order valence-corrected chi connectivity index (χ2v) is 8.05. The maximum absolute atomic E-state index is 12.1. The highest BCUT2D eigenvalue weighted by atomic mass is 32.2. The lowest BCUT2D eigenvalue weighted by atomic mass is 10.1. The van der Waals surface area contributed by atoms with Crippen molar-refractivity contribution in [2.24, 2.45) is 5.92 Å². The molecule has 0 aliphatic carbocycles. The highest BCUT2D eigenvalue weighted by molar-refractivity contribution is 7.91. The van der Waals surface area contributed by atoms with Gasteiger partial charge in [-0.25, -0.2) is 13.1 Å². The van der Waals surface area contributed by atoms with Crippen LogP contribution in [0.3, 0.4) is 0 Å². The molecule has 0 atom stereocenters. The molecule has 7 nitrogen and oxygen atoms in total. The first-order valence-corrected chi connectivity index (χ1v) is 9.09. The van der Waals surface area contributed by atoms with Gasteiger partial charge in [-0.05, 0) is 25.7 Å². The van der Waals surface area contributed by atoms with Gasteiger partial charge in [-0.3, -0.25) is 10.1 Å². The van der Waals surface area contributed by atoms with E-state index in [9.17, 15) is 18.5 Å². The Morgan fingerprint density at radius 1 is 1.43 bits per heavy atom. The Kier molecular flexibility index (Phi) is 6.56. The number of thiophene rings is 1. The molecule has 0 saturated heterocycles. The van der Waals surface area contributed by atoms with Crippen molar-refractivity contribution in [3.05, 3.63) is 16.2 Å². The lowest BCUT2D eigenvalue weighted by molar-refractivity contribution is -0.383. The number of hydrogen-bond donors (Lipinski definition) is 2. The van der Waals surface area contributed by atoms with Crippen LogP contribution >= 0.6 is 11.3 Å². The maximum atomic E-state index is 12.1. The van der Waals surface area contributed by atoms with Gasteiger partial charge in [-0.2, -0.15) is 0 Å². The van der Waals surface area contributed by atoms with Crippen LogP contribution in [0.25, 0.3) is 0 Å². The predicted molar refractivity (Wildman–Crippen MR) is 84.4 cm³/mol. The molecule has 0 bridgehead atoms. The molecule has 0 aromatic carbocycles. The van der Waals surface area contributed by atoms with Crippen molar-refractivity contribution in [1.82, 2.24) is 4.72 Å². The van der Waals surface area contributed by atoms with Crippen LogP contribution in [0.2, 0.25) is 0 Å². The fourth-order valence-corrected chi connectivity index (χ4v) is 4.22. The maximum Gasteiger partial charge on any atom is 0.304 e. The molecule has 120 valence electrons. The minimum atomic E-state index is -3.69. The van der Waals surface area contributed by atoms with E-state index in [1.165, 1.54) is 0 Å². The summed E-state index contributed by atoms with van der Waals surface area (Å²) in [4.78, 5) is 10.4. The quantitative estimate of drug-likeness (QED) is 0.410. The van der Waals surface area contributed by atoms with Gasteiger partial charge < -0.3 is 5.32 Å². The van der Waals surface area contributed by atoms with Crippen LogP contribution in [0.1, 0.15) is 33.6 Å². The summed E-state index contributed by atoms with van der Waals surface area (Å²) >= 11 is 0.880. The molecule has 0 unspecified atom stereocenters. The summed E-state index contributed by atoms with van der Waals surface area (Å²) in [5.74, 6) is 0.512. The molecule has 0 amide bonds. The Bertz CT molecular complexity index is 581. The summed E-state index contributed by atoms with van der Waals surface area (Å²) in [7, 11) is -3.69. The van der Waals surface area contributed by atoms with Gasteiger partial charge in [-0.1, -0.05) is 25.2 Å². The van der Waals surface area contributed by atoms with Crippen LogP contribution in [0.5, 0.6) is 0 Å². The third kappa shape index (κ3) is 5.25. The smallest absolute Gasteiger partial charge is 0.304 e. The number of sulfonamides is 1. The summed E-state index contributed by atoms with van der Waals surface area (Å²) < 4.78 is 26.7. The Balaban J connectivity index is 2.83. The largest absolute Gasteiger partial charge is 0.372 e.